The molecule has 88 valence electrons. The summed E-state index contributed by atoms with van der Waals surface area (Å²) in [6.07, 6.45) is 3.29. The van der Waals surface area contributed by atoms with Gasteiger partial charge in [0.05, 0.1) is 4.92 Å². The number of nitrogens with zero attached hydrogens (tertiary/aromatic N) is 2. The molecular formula is C11H15ClN2O2. The molecule has 16 heavy (non-hydrogen) atoms. The number of rotatable bonds is 3. The van der Waals surface area contributed by atoms with E-state index in [2.05, 4.69) is 4.98 Å². The van der Waals surface area contributed by atoms with Gasteiger partial charge in [0.1, 0.15) is 6.20 Å². The quantitative estimate of drug-likeness (QED) is 0.465. The van der Waals surface area contributed by atoms with E-state index in [0.29, 0.717) is 12.0 Å². The van der Waals surface area contributed by atoms with E-state index < -0.39 is 4.92 Å². The summed E-state index contributed by atoms with van der Waals surface area (Å²) in [4.78, 5) is 14.1. The fourth-order valence-electron chi connectivity index (χ4n) is 1.25. The summed E-state index contributed by atoms with van der Waals surface area (Å²) in [6, 6.07) is 1.65. The van der Waals surface area contributed by atoms with Crippen LogP contribution in [0.2, 0.25) is 0 Å². The molecule has 1 aromatic heterocycles. The maximum atomic E-state index is 10.8. The Kier molecular flexibility index (Phi) is 3.86. The number of alkyl halides is 1. The Morgan fingerprint density at radius 1 is 1.56 bits per heavy atom. The molecule has 0 amide bonds. The average molecular weight is 243 g/mol. The van der Waals surface area contributed by atoms with Crippen molar-refractivity contribution in [2.24, 2.45) is 5.41 Å². The van der Waals surface area contributed by atoms with Gasteiger partial charge in [0.2, 0.25) is 0 Å². The van der Waals surface area contributed by atoms with Crippen LogP contribution in [0.5, 0.6) is 0 Å². The van der Waals surface area contributed by atoms with Gasteiger partial charge in [-0.25, -0.2) is 0 Å². The first kappa shape index (κ1) is 12.9. The van der Waals surface area contributed by atoms with Gasteiger partial charge in [-0.05, 0) is 17.9 Å². The zero-order valence-corrected chi connectivity index (χ0v) is 10.4. The van der Waals surface area contributed by atoms with Gasteiger partial charge < -0.3 is 0 Å². The maximum absolute atomic E-state index is 10.8. The highest BCUT2D eigenvalue weighted by atomic mass is 35.5. The Labute approximate surface area is 99.8 Å². The molecule has 0 radical (unpaired) electrons. The number of hydrogen-bond donors (Lipinski definition) is 0. The zero-order chi connectivity index (χ0) is 12.3. The first-order valence-corrected chi connectivity index (χ1v) is 5.47. The number of nitro groups is 1. The molecule has 0 saturated carbocycles. The molecule has 0 fully saturated rings. The van der Waals surface area contributed by atoms with Gasteiger partial charge in [-0.3, -0.25) is 15.1 Å². The van der Waals surface area contributed by atoms with Crippen LogP contribution in [0, 0.1) is 15.5 Å². The molecule has 0 saturated heterocycles. The molecule has 0 N–H and O–H groups in total. The second-order valence-electron chi connectivity index (χ2n) is 4.80. The highest BCUT2D eigenvalue weighted by molar-refractivity contribution is 6.21. The first-order valence-electron chi connectivity index (χ1n) is 5.03. The molecule has 5 heteroatoms. The van der Waals surface area contributed by atoms with E-state index in [1.807, 2.05) is 20.8 Å². The molecule has 4 nitrogen and oxygen atoms in total. The number of pyridine rings is 1. The van der Waals surface area contributed by atoms with E-state index in [4.69, 9.17) is 11.6 Å². The van der Waals surface area contributed by atoms with E-state index in [1.165, 1.54) is 6.20 Å². The van der Waals surface area contributed by atoms with Crippen molar-refractivity contribution in [3.05, 3.63) is 34.1 Å². The Morgan fingerprint density at radius 2 is 2.19 bits per heavy atom. The summed E-state index contributed by atoms with van der Waals surface area (Å²) in [5, 5.41) is 10.6. The Balaban J connectivity index is 2.93. The molecule has 0 spiro atoms. The smallest absolute Gasteiger partial charge is 0.258 e. The summed E-state index contributed by atoms with van der Waals surface area (Å²) in [7, 11) is 0. The molecule has 1 aromatic rings. The van der Waals surface area contributed by atoms with Crippen LogP contribution >= 0.6 is 11.6 Å². The van der Waals surface area contributed by atoms with E-state index in [0.717, 1.165) is 0 Å². The highest BCUT2D eigenvalue weighted by Gasteiger charge is 2.25. The molecule has 0 aromatic carbocycles. The summed E-state index contributed by atoms with van der Waals surface area (Å²) in [6.45, 7) is 6.03. The van der Waals surface area contributed by atoms with Crippen molar-refractivity contribution in [2.75, 3.05) is 0 Å². The van der Waals surface area contributed by atoms with Gasteiger partial charge in [-0.15, -0.1) is 11.6 Å². The third-order valence-electron chi connectivity index (χ3n) is 2.42. The van der Waals surface area contributed by atoms with Crippen molar-refractivity contribution in [1.29, 1.82) is 0 Å². The van der Waals surface area contributed by atoms with Gasteiger partial charge in [-0.1, -0.05) is 20.8 Å². The molecule has 0 aliphatic heterocycles. The van der Waals surface area contributed by atoms with Gasteiger partial charge in [-0.2, -0.15) is 0 Å². The first-order chi connectivity index (χ1) is 7.32. The van der Waals surface area contributed by atoms with Crippen molar-refractivity contribution < 1.29 is 4.92 Å². The molecule has 1 unspecified atom stereocenters. The summed E-state index contributed by atoms with van der Waals surface area (Å²) in [5.74, 6) is 0. The lowest BCUT2D eigenvalue weighted by atomic mass is 9.88. The van der Waals surface area contributed by atoms with E-state index in [9.17, 15) is 10.1 Å². The standard InChI is InChI=1S/C11H15ClN2O2/c1-11(2,3)10(12)6-8-4-5-13-7-9(8)14(15)16/h4-5,7,10H,6H2,1-3H3. The van der Waals surface area contributed by atoms with Crippen LogP contribution < -0.4 is 0 Å². The number of halogens is 1. The zero-order valence-electron chi connectivity index (χ0n) is 9.61. The Hall–Kier alpha value is -1.16. The van der Waals surface area contributed by atoms with Crippen LogP contribution in [0.25, 0.3) is 0 Å². The van der Waals surface area contributed by atoms with Crippen molar-refractivity contribution >= 4 is 17.3 Å². The van der Waals surface area contributed by atoms with Gasteiger partial charge >= 0.3 is 0 Å². The summed E-state index contributed by atoms with van der Waals surface area (Å²) in [5.41, 5.74) is 0.589. The SMILES string of the molecule is CC(C)(C)C(Cl)Cc1ccncc1[N+](=O)[O-]. The molecule has 1 rings (SSSR count). The monoisotopic (exact) mass is 242 g/mol. The lowest BCUT2D eigenvalue weighted by Gasteiger charge is -2.24. The minimum absolute atomic E-state index is 0.0393. The number of aromatic nitrogens is 1. The van der Waals surface area contributed by atoms with Gasteiger partial charge in [0.15, 0.2) is 0 Å². The lowest BCUT2D eigenvalue weighted by molar-refractivity contribution is -0.385. The van der Waals surface area contributed by atoms with E-state index in [1.54, 1.807) is 12.3 Å². The molecule has 0 aliphatic carbocycles. The normalized spacial score (nSPS) is 13.5. The molecule has 0 bridgehead atoms. The summed E-state index contributed by atoms with van der Waals surface area (Å²) >= 11 is 6.23. The molecule has 1 heterocycles. The third-order valence-corrected chi connectivity index (χ3v) is 3.23. The van der Waals surface area contributed by atoms with Crippen molar-refractivity contribution in [1.82, 2.24) is 4.98 Å². The molecular weight excluding hydrogens is 228 g/mol. The summed E-state index contributed by atoms with van der Waals surface area (Å²) < 4.78 is 0. The van der Waals surface area contributed by atoms with Gasteiger partial charge in [0.25, 0.3) is 5.69 Å². The lowest BCUT2D eigenvalue weighted by Crippen LogP contribution is -2.23. The van der Waals surface area contributed by atoms with Gasteiger partial charge in [0, 0.05) is 17.1 Å². The largest absolute Gasteiger partial charge is 0.290 e. The fraction of sp³-hybridized carbons (Fsp3) is 0.545. The Bertz CT molecular complexity index is 388. The topological polar surface area (TPSA) is 56.0 Å². The second-order valence-corrected chi connectivity index (χ2v) is 5.33. The van der Waals surface area contributed by atoms with Crippen molar-refractivity contribution in [2.45, 2.75) is 32.6 Å². The maximum Gasteiger partial charge on any atom is 0.290 e. The van der Waals surface area contributed by atoms with E-state index in [-0.39, 0.29) is 16.5 Å². The molecule has 1 atom stereocenters. The molecule has 0 aliphatic rings. The van der Waals surface area contributed by atoms with E-state index >= 15 is 0 Å². The highest BCUT2D eigenvalue weighted by Crippen LogP contribution is 2.29. The number of hydrogen-bond acceptors (Lipinski definition) is 3. The van der Waals surface area contributed by atoms with Crippen molar-refractivity contribution in [3.63, 3.8) is 0 Å². The minimum atomic E-state index is -0.422. The van der Waals surface area contributed by atoms with Crippen LogP contribution in [0.1, 0.15) is 26.3 Å². The second kappa shape index (κ2) is 4.78. The predicted molar refractivity (Wildman–Crippen MR) is 63.7 cm³/mol. The Morgan fingerprint density at radius 3 is 2.69 bits per heavy atom. The van der Waals surface area contributed by atoms with Crippen LogP contribution in [0.4, 0.5) is 5.69 Å². The van der Waals surface area contributed by atoms with Crippen LogP contribution in [-0.4, -0.2) is 15.3 Å². The van der Waals surface area contributed by atoms with Crippen LogP contribution in [-0.2, 0) is 6.42 Å². The average Bonchev–Trinajstić information content (AvgIpc) is 2.16. The van der Waals surface area contributed by atoms with Crippen LogP contribution in [0.3, 0.4) is 0 Å². The third kappa shape index (κ3) is 3.17. The van der Waals surface area contributed by atoms with Crippen molar-refractivity contribution in [3.8, 4) is 0 Å². The minimum Gasteiger partial charge on any atom is -0.258 e. The fourth-order valence-corrected chi connectivity index (χ4v) is 1.42. The predicted octanol–water partition coefficient (Wildman–Crippen LogP) is 3.19. The van der Waals surface area contributed by atoms with Crippen LogP contribution in [0.15, 0.2) is 18.5 Å².